The fourth-order valence-corrected chi connectivity index (χ4v) is 5.03. The molecule has 0 radical (unpaired) electrons. The van der Waals surface area contributed by atoms with Crippen LogP contribution in [0.4, 0.5) is 5.82 Å². The Bertz CT molecular complexity index is 987. The highest BCUT2D eigenvalue weighted by atomic mass is 32.2. The molecule has 1 aliphatic heterocycles. The van der Waals surface area contributed by atoms with Crippen LogP contribution in [0.2, 0.25) is 0 Å². The monoisotopic (exact) mass is 536 g/mol. The van der Waals surface area contributed by atoms with Gasteiger partial charge in [-0.25, -0.2) is 0 Å². The number of thiophene rings is 1. The zero-order valence-electron chi connectivity index (χ0n) is 23.1. The van der Waals surface area contributed by atoms with Gasteiger partial charge in [-0.3, -0.25) is 10.8 Å². The van der Waals surface area contributed by atoms with E-state index in [0.29, 0.717) is 50.5 Å². The molecule has 3 rings (SSSR count). The Labute approximate surface area is 225 Å². The highest BCUT2D eigenvalue weighted by molar-refractivity contribution is 7.96. The van der Waals surface area contributed by atoms with Gasteiger partial charge in [0.05, 0.1) is 31.0 Å². The number of rotatable bonds is 10. The van der Waals surface area contributed by atoms with E-state index in [1.165, 1.54) is 29.8 Å². The van der Waals surface area contributed by atoms with Crippen molar-refractivity contribution < 1.29 is 8.92 Å². The molecular formula is C26H44N6O2S2. The molecule has 0 spiro atoms. The number of hydrogen-bond donors (Lipinski definition) is 2. The SMILES string of the molecule is CCCC.CCCc1cc2c(N3CCN(C(C)=N)C(=N)C3)nc(OCCCOSC(C)(C)C)nc2s1. The number of anilines is 1. The number of aromatic nitrogens is 2. The second-order valence-electron chi connectivity index (χ2n) is 9.84. The van der Waals surface area contributed by atoms with Gasteiger partial charge in [-0.05, 0) is 52.2 Å². The van der Waals surface area contributed by atoms with E-state index in [-0.39, 0.29) is 4.75 Å². The summed E-state index contributed by atoms with van der Waals surface area (Å²) in [5.74, 6) is 1.63. The number of unbranched alkanes of at least 4 members (excludes halogenated alkanes) is 1. The predicted molar refractivity (Wildman–Crippen MR) is 155 cm³/mol. The summed E-state index contributed by atoms with van der Waals surface area (Å²) in [6, 6.07) is 2.55. The molecule has 1 aliphatic rings. The van der Waals surface area contributed by atoms with Crippen molar-refractivity contribution in [2.75, 3.05) is 37.7 Å². The first-order valence-electron chi connectivity index (χ1n) is 13.0. The van der Waals surface area contributed by atoms with E-state index in [4.69, 9.17) is 24.7 Å². The van der Waals surface area contributed by atoms with Gasteiger partial charge in [0, 0.05) is 29.1 Å². The van der Waals surface area contributed by atoms with E-state index >= 15 is 0 Å². The van der Waals surface area contributed by atoms with E-state index in [2.05, 4.69) is 57.5 Å². The van der Waals surface area contributed by atoms with Crippen LogP contribution in [-0.2, 0) is 10.6 Å². The summed E-state index contributed by atoms with van der Waals surface area (Å²) in [5.41, 5.74) is 0. The van der Waals surface area contributed by atoms with Crippen LogP contribution in [0.1, 0.15) is 79.0 Å². The topological polar surface area (TPSA) is 98.4 Å². The maximum Gasteiger partial charge on any atom is 0.319 e. The van der Waals surface area contributed by atoms with Gasteiger partial charge in [-0.15, -0.1) is 11.3 Å². The summed E-state index contributed by atoms with van der Waals surface area (Å²) in [7, 11) is 0. The first-order chi connectivity index (χ1) is 17.1. The largest absolute Gasteiger partial charge is 0.463 e. The number of aryl methyl sites for hydroxylation is 1. The Balaban J connectivity index is 0.00000106. The van der Waals surface area contributed by atoms with E-state index in [1.807, 2.05) is 0 Å². The number of piperazine rings is 1. The van der Waals surface area contributed by atoms with Crippen molar-refractivity contribution in [2.45, 2.75) is 85.3 Å². The van der Waals surface area contributed by atoms with Crippen LogP contribution in [-0.4, -0.2) is 64.1 Å². The van der Waals surface area contributed by atoms with Gasteiger partial charge >= 0.3 is 6.01 Å². The van der Waals surface area contributed by atoms with Gasteiger partial charge in [-0.1, -0.05) is 40.0 Å². The summed E-state index contributed by atoms with van der Waals surface area (Å²) in [6.45, 7) is 17.4. The molecule has 2 N–H and O–H groups in total. The first kappa shape index (κ1) is 30.3. The number of nitrogens with zero attached hydrogens (tertiary/aromatic N) is 4. The standard InChI is InChI=1S/C22H34N6O2S2.C4H10/c1-6-8-16-13-17-19(27-9-10-28(15(2)23)18(24)14-27)25-21(26-20(17)31-16)29-11-7-12-30-32-22(3,4)5;1-3-4-2/h13,23-24H,6-12,14H2,1-5H3;3-4H2,1-2H3. The molecule has 1 fully saturated rings. The van der Waals surface area contributed by atoms with E-state index in [9.17, 15) is 0 Å². The zero-order valence-corrected chi connectivity index (χ0v) is 24.7. The van der Waals surface area contributed by atoms with E-state index in [1.54, 1.807) is 23.2 Å². The molecule has 0 bridgehead atoms. The fourth-order valence-electron chi connectivity index (χ4n) is 3.36. The average molecular weight is 537 g/mol. The first-order valence-corrected chi connectivity index (χ1v) is 14.5. The summed E-state index contributed by atoms with van der Waals surface area (Å²) >= 11 is 3.17. The lowest BCUT2D eigenvalue weighted by atomic mass is 10.2. The van der Waals surface area contributed by atoms with E-state index < -0.39 is 0 Å². The van der Waals surface area contributed by atoms with Crippen molar-refractivity contribution in [1.82, 2.24) is 14.9 Å². The number of hydrogen-bond acceptors (Lipinski definition) is 9. The predicted octanol–water partition coefficient (Wildman–Crippen LogP) is 6.78. The third-order valence-corrected chi connectivity index (χ3v) is 7.15. The molecule has 202 valence electrons. The Morgan fingerprint density at radius 2 is 1.83 bits per heavy atom. The number of ether oxygens (including phenoxy) is 1. The molecule has 3 heterocycles. The lowest BCUT2D eigenvalue weighted by Crippen LogP contribution is -2.51. The molecule has 2 aromatic heterocycles. The van der Waals surface area contributed by atoms with Crippen molar-refractivity contribution >= 4 is 51.1 Å². The maximum absolute atomic E-state index is 8.36. The molecule has 36 heavy (non-hydrogen) atoms. The van der Waals surface area contributed by atoms with Crippen LogP contribution in [0.15, 0.2) is 6.07 Å². The maximum atomic E-state index is 8.36. The third-order valence-electron chi connectivity index (χ3n) is 5.28. The zero-order chi connectivity index (χ0) is 26.7. The minimum Gasteiger partial charge on any atom is -0.463 e. The molecule has 0 amide bonds. The lowest BCUT2D eigenvalue weighted by Gasteiger charge is -2.36. The second kappa shape index (κ2) is 14.7. The van der Waals surface area contributed by atoms with Crippen molar-refractivity contribution in [3.05, 3.63) is 10.9 Å². The molecule has 0 atom stereocenters. The second-order valence-corrected chi connectivity index (χ2v) is 12.6. The molecule has 0 aliphatic carbocycles. The van der Waals surface area contributed by atoms with Crippen LogP contribution >= 0.6 is 23.4 Å². The number of amidine groups is 2. The van der Waals surface area contributed by atoms with Gasteiger partial charge in [0.1, 0.15) is 16.5 Å². The highest BCUT2D eigenvalue weighted by Crippen LogP contribution is 2.34. The third kappa shape index (κ3) is 9.52. The van der Waals surface area contributed by atoms with Crippen molar-refractivity contribution in [3.63, 3.8) is 0 Å². The molecular weight excluding hydrogens is 492 g/mol. The number of nitrogens with one attached hydrogen (secondary N) is 2. The normalized spacial score (nSPS) is 14.1. The Morgan fingerprint density at radius 1 is 1.11 bits per heavy atom. The number of fused-ring (bicyclic) bond motifs is 1. The summed E-state index contributed by atoms with van der Waals surface area (Å²) in [5, 5.41) is 17.3. The van der Waals surface area contributed by atoms with Crippen LogP contribution in [0.3, 0.4) is 0 Å². The Kier molecular flexibility index (Phi) is 12.4. The van der Waals surface area contributed by atoms with Crippen LogP contribution in [0.5, 0.6) is 6.01 Å². The van der Waals surface area contributed by atoms with Gasteiger partial charge in [-0.2, -0.15) is 9.97 Å². The molecule has 0 aromatic carbocycles. The fraction of sp³-hybridized carbons (Fsp3) is 0.692. The summed E-state index contributed by atoms with van der Waals surface area (Å²) in [6.07, 6.45) is 5.48. The van der Waals surface area contributed by atoms with Crippen LogP contribution in [0, 0.1) is 10.8 Å². The van der Waals surface area contributed by atoms with Gasteiger partial charge < -0.3 is 18.7 Å². The van der Waals surface area contributed by atoms with Gasteiger partial charge in [0.2, 0.25) is 0 Å². The van der Waals surface area contributed by atoms with Crippen molar-refractivity contribution in [1.29, 1.82) is 10.8 Å². The van der Waals surface area contributed by atoms with Crippen LogP contribution in [0.25, 0.3) is 10.2 Å². The average Bonchev–Trinajstić information content (AvgIpc) is 3.22. The molecule has 0 unspecified atom stereocenters. The Morgan fingerprint density at radius 3 is 2.42 bits per heavy atom. The molecule has 0 saturated carbocycles. The lowest BCUT2D eigenvalue weighted by molar-refractivity contribution is 0.251. The molecule has 2 aromatic rings. The van der Waals surface area contributed by atoms with Crippen LogP contribution < -0.4 is 9.64 Å². The van der Waals surface area contributed by atoms with Gasteiger partial charge in [0.25, 0.3) is 0 Å². The van der Waals surface area contributed by atoms with E-state index in [0.717, 1.165) is 35.3 Å². The Hall–Kier alpha value is -1.91. The smallest absolute Gasteiger partial charge is 0.319 e. The minimum atomic E-state index is 0.0767. The quantitative estimate of drug-likeness (QED) is 0.149. The minimum absolute atomic E-state index is 0.0767. The molecule has 1 saturated heterocycles. The molecule has 8 nitrogen and oxygen atoms in total. The summed E-state index contributed by atoms with van der Waals surface area (Å²) in [4.78, 5) is 15.5. The highest BCUT2D eigenvalue weighted by Gasteiger charge is 2.26. The van der Waals surface area contributed by atoms with Crippen molar-refractivity contribution in [3.8, 4) is 6.01 Å². The molecule has 10 heteroatoms. The summed E-state index contributed by atoms with van der Waals surface area (Å²) < 4.78 is 11.6. The van der Waals surface area contributed by atoms with Crippen molar-refractivity contribution in [2.24, 2.45) is 0 Å². The van der Waals surface area contributed by atoms with Gasteiger partial charge in [0.15, 0.2) is 0 Å².